The Morgan fingerprint density at radius 2 is 1.62 bits per heavy atom. The van der Waals surface area contributed by atoms with Crippen molar-refractivity contribution in [2.75, 3.05) is 7.11 Å². The van der Waals surface area contributed by atoms with E-state index < -0.39 is 0 Å². The number of carbonyl (C=O) groups is 1. The van der Waals surface area contributed by atoms with Gasteiger partial charge in [0.05, 0.1) is 12.7 Å². The maximum Gasteiger partial charge on any atom is 0.337 e. The number of esters is 1. The third kappa shape index (κ3) is 3.60. The summed E-state index contributed by atoms with van der Waals surface area (Å²) in [7, 11) is 1.44. The number of ether oxygens (including phenoxy) is 1. The molecule has 5 aliphatic carbocycles. The van der Waals surface area contributed by atoms with Gasteiger partial charge >= 0.3 is 5.97 Å². The average Bonchev–Trinajstić information content (AvgIpc) is 3.26. The van der Waals surface area contributed by atoms with Crippen LogP contribution in [0.25, 0.3) is 5.57 Å². The number of nitrogens with two attached hydrogens (primary N) is 2. The summed E-state index contributed by atoms with van der Waals surface area (Å²) >= 11 is 0. The van der Waals surface area contributed by atoms with Crippen molar-refractivity contribution in [1.82, 2.24) is 0 Å². The van der Waals surface area contributed by atoms with Gasteiger partial charge in [-0.3, -0.25) is 0 Å². The van der Waals surface area contributed by atoms with Crippen molar-refractivity contribution >= 4 is 11.5 Å². The molecule has 4 saturated carbocycles. The smallest absolute Gasteiger partial charge is 0.337 e. The van der Waals surface area contributed by atoms with Gasteiger partial charge in [0.2, 0.25) is 0 Å². The summed E-state index contributed by atoms with van der Waals surface area (Å²) < 4.78 is 4.92. The Kier molecular flexibility index (Phi) is 6.38. The van der Waals surface area contributed by atoms with Crippen LogP contribution in [0.1, 0.15) is 108 Å². The van der Waals surface area contributed by atoms with Crippen molar-refractivity contribution in [2.45, 2.75) is 103 Å². The molecule has 1 aromatic rings. The fourth-order valence-electron chi connectivity index (χ4n) is 11.9. The zero-order chi connectivity index (χ0) is 28.9. The van der Waals surface area contributed by atoms with Crippen LogP contribution >= 0.6 is 0 Å². The molecule has 40 heavy (non-hydrogen) atoms. The molecule has 0 saturated heterocycles. The van der Waals surface area contributed by atoms with Crippen molar-refractivity contribution < 1.29 is 9.53 Å². The molecular weight excluding hydrogens is 492 g/mol. The largest absolute Gasteiger partial charge is 0.465 e. The van der Waals surface area contributed by atoms with Crippen LogP contribution in [0, 0.1) is 45.8 Å². The summed E-state index contributed by atoms with van der Waals surface area (Å²) in [6.45, 7) is 16.7. The highest BCUT2D eigenvalue weighted by molar-refractivity contribution is 5.89. The Balaban J connectivity index is 1.34. The number of rotatable bonds is 3. The third-order valence-corrected chi connectivity index (χ3v) is 13.8. The van der Waals surface area contributed by atoms with Crippen LogP contribution in [0.15, 0.2) is 42.5 Å². The van der Waals surface area contributed by atoms with Gasteiger partial charge in [0.1, 0.15) is 0 Å². The van der Waals surface area contributed by atoms with Gasteiger partial charge in [-0.15, -0.1) is 0 Å². The lowest BCUT2D eigenvalue weighted by Crippen LogP contribution is -2.74. The van der Waals surface area contributed by atoms with Crippen molar-refractivity contribution in [3.8, 4) is 0 Å². The molecule has 4 N–H and O–H groups in total. The predicted octanol–water partition coefficient (Wildman–Crippen LogP) is 7.53. The van der Waals surface area contributed by atoms with Gasteiger partial charge in [-0.25, -0.2) is 4.79 Å². The highest BCUT2D eigenvalue weighted by Crippen LogP contribution is 2.73. The van der Waals surface area contributed by atoms with Crippen molar-refractivity contribution in [1.29, 1.82) is 0 Å². The number of hydrogen-bond acceptors (Lipinski definition) is 4. The second kappa shape index (κ2) is 9.04. The quantitative estimate of drug-likeness (QED) is 0.305. The molecule has 4 heteroatoms. The van der Waals surface area contributed by atoms with Crippen LogP contribution in [0.2, 0.25) is 0 Å². The van der Waals surface area contributed by atoms with Gasteiger partial charge in [0.25, 0.3) is 0 Å². The second-order valence-electron chi connectivity index (χ2n) is 15.7. The van der Waals surface area contributed by atoms with Gasteiger partial charge in [-0.1, -0.05) is 58.1 Å². The first-order chi connectivity index (χ1) is 18.7. The number of fused-ring (bicyclic) bond motifs is 7. The Hall–Kier alpha value is -1.91. The lowest BCUT2D eigenvalue weighted by Gasteiger charge is -2.72. The fraction of sp³-hybridized carbons (Fsp3) is 0.694. The monoisotopic (exact) mass is 544 g/mol. The topological polar surface area (TPSA) is 78.3 Å². The Labute approximate surface area is 242 Å². The molecular formula is C36H52N2O2. The van der Waals surface area contributed by atoms with Gasteiger partial charge < -0.3 is 16.2 Å². The van der Waals surface area contributed by atoms with E-state index in [-0.39, 0.29) is 33.3 Å². The Bertz CT molecular complexity index is 1250. The first-order valence-electron chi connectivity index (χ1n) is 15.9. The predicted molar refractivity (Wildman–Crippen MR) is 163 cm³/mol. The molecule has 0 aliphatic heterocycles. The number of allylic oxidation sites excluding steroid dienone is 3. The van der Waals surface area contributed by atoms with Crippen LogP contribution < -0.4 is 11.5 Å². The SMILES string of the molecule is C=C(C)C1CCC2(N)CCC3(N)C(CCC4C5(C)CC=C(c6ccc(C(=O)OC)cc6)C(C)(C)C5CCC43C)C12. The summed E-state index contributed by atoms with van der Waals surface area (Å²) in [6, 6.07) is 8.03. The highest BCUT2D eigenvalue weighted by atomic mass is 16.5. The molecule has 1 aromatic carbocycles. The standard InChI is InChI=1S/C36H52N2O2/c1-22(2)25-14-19-35(37)20-21-36(38)27(30(25)35)12-13-29-33(5)17-15-26(23-8-10-24(11-9-23)31(39)40-7)32(3,4)28(33)16-18-34(29,36)6/h8-11,15,25,27-30H,1,12-14,16-21,37-38H2,2-7H3. The minimum atomic E-state index is -0.282. The Morgan fingerprint density at radius 1 is 0.925 bits per heavy atom. The molecule has 4 fully saturated rings. The highest BCUT2D eigenvalue weighted by Gasteiger charge is 2.70. The zero-order valence-electron chi connectivity index (χ0n) is 25.8. The molecule has 9 unspecified atom stereocenters. The normalized spacial score (nSPS) is 45.3. The van der Waals surface area contributed by atoms with E-state index in [1.54, 1.807) is 0 Å². The maximum absolute atomic E-state index is 12.0. The third-order valence-electron chi connectivity index (χ3n) is 13.8. The Morgan fingerprint density at radius 3 is 2.27 bits per heavy atom. The lowest BCUT2D eigenvalue weighted by molar-refractivity contribution is -0.184. The van der Waals surface area contributed by atoms with Crippen LogP contribution in [0.5, 0.6) is 0 Å². The lowest BCUT2D eigenvalue weighted by atomic mass is 9.34. The van der Waals surface area contributed by atoms with Gasteiger partial charge in [-0.2, -0.15) is 0 Å². The molecule has 0 amide bonds. The average molecular weight is 545 g/mol. The van der Waals surface area contributed by atoms with Crippen LogP contribution in [-0.2, 0) is 4.74 Å². The number of carbonyl (C=O) groups excluding carboxylic acids is 1. The van der Waals surface area contributed by atoms with Crippen LogP contribution in [0.3, 0.4) is 0 Å². The van der Waals surface area contributed by atoms with E-state index in [1.807, 2.05) is 12.1 Å². The maximum atomic E-state index is 12.0. The summed E-state index contributed by atoms with van der Waals surface area (Å²) in [5.41, 5.74) is 19.7. The van der Waals surface area contributed by atoms with Crippen molar-refractivity contribution in [2.24, 2.45) is 57.3 Å². The molecule has 0 heterocycles. The molecule has 0 bridgehead atoms. The van der Waals surface area contributed by atoms with Gasteiger partial charge in [-0.05, 0) is 134 Å². The summed E-state index contributed by atoms with van der Waals surface area (Å²) in [6.07, 6.45) is 12.9. The zero-order valence-corrected chi connectivity index (χ0v) is 25.8. The number of methoxy groups -OCH3 is 1. The minimum absolute atomic E-state index is 0.0369. The van der Waals surface area contributed by atoms with Gasteiger partial charge in [0.15, 0.2) is 0 Å². The van der Waals surface area contributed by atoms with Gasteiger partial charge in [0, 0.05) is 11.1 Å². The first-order valence-corrected chi connectivity index (χ1v) is 15.9. The first kappa shape index (κ1) is 28.2. The molecule has 0 spiro atoms. The molecule has 0 aromatic heterocycles. The second-order valence-corrected chi connectivity index (χ2v) is 15.7. The summed E-state index contributed by atoms with van der Waals surface area (Å²) in [4.78, 5) is 12.0. The van der Waals surface area contributed by atoms with E-state index in [2.05, 4.69) is 59.4 Å². The van der Waals surface area contributed by atoms with E-state index >= 15 is 0 Å². The van der Waals surface area contributed by atoms with Crippen molar-refractivity contribution in [3.63, 3.8) is 0 Å². The van der Waals surface area contributed by atoms with Crippen LogP contribution in [-0.4, -0.2) is 24.2 Å². The molecule has 9 atom stereocenters. The molecule has 5 aliphatic rings. The molecule has 218 valence electrons. The number of hydrogen-bond donors (Lipinski definition) is 2. The summed E-state index contributed by atoms with van der Waals surface area (Å²) in [5, 5.41) is 0. The number of benzene rings is 1. The molecule has 0 radical (unpaired) electrons. The van der Waals surface area contributed by atoms with Crippen molar-refractivity contribution in [3.05, 3.63) is 53.6 Å². The van der Waals surface area contributed by atoms with E-state index in [0.717, 1.165) is 25.7 Å². The fourth-order valence-corrected chi connectivity index (χ4v) is 11.9. The van der Waals surface area contributed by atoms with E-state index in [4.69, 9.17) is 16.2 Å². The molecule has 4 nitrogen and oxygen atoms in total. The van der Waals surface area contributed by atoms with E-state index in [0.29, 0.717) is 35.2 Å². The van der Waals surface area contributed by atoms with E-state index in [9.17, 15) is 4.79 Å². The summed E-state index contributed by atoms with van der Waals surface area (Å²) in [5.74, 6) is 2.41. The molecule has 6 rings (SSSR count). The minimum Gasteiger partial charge on any atom is -0.465 e. The van der Waals surface area contributed by atoms with Crippen LogP contribution in [0.4, 0.5) is 0 Å². The van der Waals surface area contributed by atoms with E-state index in [1.165, 1.54) is 55.9 Å².